The molecule has 3 aromatic rings. The Bertz CT molecular complexity index is 1490. The third-order valence-corrected chi connectivity index (χ3v) is 8.94. The van der Waals surface area contributed by atoms with E-state index >= 15 is 0 Å². The minimum atomic E-state index is -0.400. The fourth-order valence-electron chi connectivity index (χ4n) is 6.29. The van der Waals surface area contributed by atoms with Crippen LogP contribution in [0.3, 0.4) is 0 Å². The van der Waals surface area contributed by atoms with Crippen molar-refractivity contribution in [3.05, 3.63) is 65.8 Å². The summed E-state index contributed by atoms with van der Waals surface area (Å²) in [7, 11) is 3.87. The lowest BCUT2D eigenvalue weighted by molar-refractivity contribution is -0.136. The highest BCUT2D eigenvalue weighted by atomic mass is 16.2. The average Bonchev–Trinajstić information content (AvgIpc) is 3.37. The van der Waals surface area contributed by atoms with Crippen molar-refractivity contribution >= 4 is 34.4 Å². The number of nitrogens with one attached hydrogen (secondary N) is 1. The number of benzene rings is 1. The summed E-state index contributed by atoms with van der Waals surface area (Å²) >= 11 is 0. The Labute approximate surface area is 248 Å². The van der Waals surface area contributed by atoms with Crippen LogP contribution >= 0.6 is 0 Å². The molecule has 42 heavy (non-hydrogen) atoms. The molecule has 1 unspecified atom stereocenters. The number of hydrogen-bond donors (Lipinski definition) is 2. The van der Waals surface area contributed by atoms with Gasteiger partial charge >= 0.3 is 0 Å². The topological polar surface area (TPSA) is 121 Å². The molecule has 1 aromatic carbocycles. The van der Waals surface area contributed by atoms with Crippen LogP contribution in [0.4, 0.5) is 11.6 Å². The Morgan fingerprint density at radius 1 is 1.14 bits per heavy atom. The van der Waals surface area contributed by atoms with E-state index in [1.54, 1.807) is 0 Å². The summed E-state index contributed by atoms with van der Waals surface area (Å²) in [6.45, 7) is 10.5. The molecular formula is C32H42N8O2. The molecule has 10 nitrogen and oxygen atoms in total. The van der Waals surface area contributed by atoms with Gasteiger partial charge in [0.25, 0.3) is 5.91 Å². The molecule has 1 saturated carbocycles. The summed E-state index contributed by atoms with van der Waals surface area (Å²) < 4.78 is 0. The molecule has 1 aliphatic carbocycles. The molecular weight excluding hydrogens is 528 g/mol. The first-order valence-corrected chi connectivity index (χ1v) is 14.8. The van der Waals surface area contributed by atoms with Crippen molar-refractivity contribution in [1.29, 1.82) is 0 Å². The number of allylic oxidation sites excluding steroid dienone is 1. The van der Waals surface area contributed by atoms with E-state index in [-0.39, 0.29) is 30.0 Å². The van der Waals surface area contributed by atoms with Crippen molar-refractivity contribution in [1.82, 2.24) is 30.1 Å². The Balaban J connectivity index is 1.33. The molecule has 1 aliphatic heterocycles. The van der Waals surface area contributed by atoms with Gasteiger partial charge in [0, 0.05) is 69.3 Å². The standard InChI is InChI=1S/C32H42N8O2/c1-20(2)40-15-12-25(22-9-7-10-22)28(40)32(42)39(5)17-16-38(4)30-24(18-23-11-6-8-21(3)26(23)37-30)19-36-31(41)27-29(33)35-14-13-34-27/h6,8,11,13-14,18,22,25,28H,1,7,9-10,12,15-17,19H2,2-5H3,(H2,33,35)(H,36,41)/t25?,28-/m1/s1. The van der Waals surface area contributed by atoms with Crippen LogP contribution in [0.2, 0.25) is 0 Å². The van der Waals surface area contributed by atoms with E-state index in [4.69, 9.17) is 10.7 Å². The van der Waals surface area contributed by atoms with E-state index in [0.717, 1.165) is 46.5 Å². The summed E-state index contributed by atoms with van der Waals surface area (Å²) in [4.78, 5) is 45.9. The summed E-state index contributed by atoms with van der Waals surface area (Å²) in [6.07, 6.45) is 7.66. The van der Waals surface area contributed by atoms with Gasteiger partial charge in [0.05, 0.1) is 5.52 Å². The van der Waals surface area contributed by atoms with Gasteiger partial charge in [0.2, 0.25) is 5.91 Å². The molecule has 2 fully saturated rings. The van der Waals surface area contributed by atoms with E-state index in [2.05, 4.69) is 37.7 Å². The van der Waals surface area contributed by atoms with Gasteiger partial charge in [-0.15, -0.1) is 0 Å². The van der Waals surface area contributed by atoms with Crippen LogP contribution < -0.4 is 16.0 Å². The largest absolute Gasteiger partial charge is 0.382 e. The maximum atomic E-state index is 13.8. The molecule has 2 atom stereocenters. The molecule has 3 N–H and O–H groups in total. The number of likely N-dealkylation sites (N-methyl/N-ethyl adjacent to an activating group) is 2. The summed E-state index contributed by atoms with van der Waals surface area (Å²) in [5, 5.41) is 3.92. The molecule has 3 heterocycles. The zero-order valence-corrected chi connectivity index (χ0v) is 25.1. The maximum Gasteiger partial charge on any atom is 0.273 e. The highest BCUT2D eigenvalue weighted by Gasteiger charge is 2.45. The van der Waals surface area contributed by atoms with Gasteiger partial charge in [-0.25, -0.2) is 15.0 Å². The van der Waals surface area contributed by atoms with Gasteiger partial charge < -0.3 is 25.8 Å². The number of hydrogen-bond acceptors (Lipinski definition) is 8. The van der Waals surface area contributed by atoms with Crippen LogP contribution in [0.15, 0.2) is 48.9 Å². The second-order valence-corrected chi connectivity index (χ2v) is 11.8. The smallest absolute Gasteiger partial charge is 0.273 e. The first-order chi connectivity index (χ1) is 20.2. The summed E-state index contributed by atoms with van der Waals surface area (Å²) in [6, 6.07) is 7.98. The van der Waals surface area contributed by atoms with Crippen LogP contribution in [0.25, 0.3) is 10.9 Å². The molecule has 1 saturated heterocycles. The monoisotopic (exact) mass is 570 g/mol. The molecule has 0 spiro atoms. The normalized spacial score (nSPS) is 18.5. The average molecular weight is 571 g/mol. The van der Waals surface area contributed by atoms with Gasteiger partial charge in [-0.1, -0.05) is 44.0 Å². The number of carbonyl (C=O) groups excluding carboxylic acids is 2. The molecule has 2 aliphatic rings. The van der Waals surface area contributed by atoms with Gasteiger partial charge in [0.1, 0.15) is 11.9 Å². The summed E-state index contributed by atoms with van der Waals surface area (Å²) in [5.74, 6) is 1.63. The van der Waals surface area contributed by atoms with Crippen LogP contribution in [-0.2, 0) is 11.3 Å². The molecule has 2 aromatic heterocycles. The Morgan fingerprint density at radius 2 is 1.90 bits per heavy atom. The van der Waals surface area contributed by atoms with Crippen molar-refractivity contribution in [2.24, 2.45) is 11.8 Å². The number of para-hydroxylation sites is 1. The fourth-order valence-corrected chi connectivity index (χ4v) is 6.29. The first kappa shape index (κ1) is 29.3. The molecule has 5 rings (SSSR count). The van der Waals surface area contributed by atoms with Crippen LogP contribution in [0, 0.1) is 18.8 Å². The lowest BCUT2D eigenvalue weighted by Gasteiger charge is -2.38. The van der Waals surface area contributed by atoms with Gasteiger partial charge in [-0.05, 0) is 43.7 Å². The number of nitrogens with two attached hydrogens (primary N) is 1. The highest BCUT2D eigenvalue weighted by Crippen LogP contribution is 2.43. The SMILES string of the molecule is C=C(C)N1CCC(C2CCC2)[C@@H]1C(=O)N(C)CCN(C)c1nc2c(C)cccc2cc1CNC(=O)c1nccnc1N. The Morgan fingerprint density at radius 3 is 2.60 bits per heavy atom. The number of likely N-dealkylation sites (tertiary alicyclic amines) is 1. The highest BCUT2D eigenvalue weighted by molar-refractivity contribution is 5.96. The predicted molar refractivity (Wildman–Crippen MR) is 166 cm³/mol. The number of carbonyl (C=O) groups is 2. The zero-order chi connectivity index (χ0) is 30.0. The van der Waals surface area contributed by atoms with E-state index in [1.807, 2.05) is 51.0 Å². The fraction of sp³-hybridized carbons (Fsp3) is 0.469. The minimum absolute atomic E-state index is 0.0827. The van der Waals surface area contributed by atoms with E-state index in [0.29, 0.717) is 24.9 Å². The zero-order valence-electron chi connectivity index (χ0n) is 25.1. The lowest BCUT2D eigenvalue weighted by atomic mass is 9.72. The first-order valence-electron chi connectivity index (χ1n) is 14.8. The minimum Gasteiger partial charge on any atom is -0.382 e. The molecule has 222 valence electrons. The van der Waals surface area contributed by atoms with Crippen molar-refractivity contribution in [2.75, 3.05) is 44.4 Å². The quantitative estimate of drug-likeness (QED) is 0.378. The maximum absolute atomic E-state index is 13.8. The third kappa shape index (κ3) is 5.89. The van der Waals surface area contributed by atoms with Gasteiger partial charge in [-0.3, -0.25) is 9.59 Å². The number of amides is 2. The number of rotatable bonds is 10. The van der Waals surface area contributed by atoms with E-state index in [9.17, 15) is 9.59 Å². The number of fused-ring (bicyclic) bond motifs is 1. The Hall–Kier alpha value is -4.21. The van der Waals surface area contributed by atoms with Crippen molar-refractivity contribution in [3.63, 3.8) is 0 Å². The number of pyridine rings is 1. The molecule has 2 amide bonds. The van der Waals surface area contributed by atoms with Crippen LogP contribution in [0.5, 0.6) is 0 Å². The number of nitrogen functional groups attached to an aromatic ring is 1. The third-order valence-electron chi connectivity index (χ3n) is 8.94. The lowest BCUT2D eigenvalue weighted by Crippen LogP contribution is -2.49. The van der Waals surface area contributed by atoms with Gasteiger partial charge in [-0.2, -0.15) is 0 Å². The van der Waals surface area contributed by atoms with E-state index in [1.165, 1.54) is 31.7 Å². The van der Waals surface area contributed by atoms with Crippen molar-refractivity contribution < 1.29 is 9.59 Å². The van der Waals surface area contributed by atoms with Crippen LogP contribution in [-0.4, -0.2) is 76.3 Å². The Kier molecular flexibility index (Phi) is 8.61. The second kappa shape index (κ2) is 12.3. The van der Waals surface area contributed by atoms with Crippen LogP contribution in [0.1, 0.15) is 54.2 Å². The van der Waals surface area contributed by atoms with Crippen molar-refractivity contribution in [2.45, 2.75) is 52.1 Å². The number of nitrogens with zero attached hydrogens (tertiary/aromatic N) is 6. The van der Waals surface area contributed by atoms with E-state index < -0.39 is 5.91 Å². The second-order valence-electron chi connectivity index (χ2n) is 11.8. The number of anilines is 2. The number of aryl methyl sites for hydroxylation is 1. The van der Waals surface area contributed by atoms with Crippen molar-refractivity contribution in [3.8, 4) is 0 Å². The molecule has 0 bridgehead atoms. The number of aromatic nitrogens is 3. The van der Waals surface area contributed by atoms with Gasteiger partial charge in [0.15, 0.2) is 11.5 Å². The summed E-state index contributed by atoms with van der Waals surface area (Å²) in [5.41, 5.74) is 9.75. The molecule has 10 heteroatoms. The predicted octanol–water partition coefficient (Wildman–Crippen LogP) is 3.76. The molecule has 0 radical (unpaired) electrons.